The third kappa shape index (κ3) is 5.09. The van der Waals surface area contributed by atoms with E-state index in [4.69, 9.17) is 6.57 Å². The Balaban J connectivity index is 1.29. The van der Waals surface area contributed by atoms with Crippen molar-refractivity contribution < 1.29 is 0 Å². The molecule has 8 rings (SSSR count). The van der Waals surface area contributed by atoms with Crippen LogP contribution in [-0.4, -0.2) is 14.5 Å². The minimum atomic E-state index is 0.525. The summed E-state index contributed by atoms with van der Waals surface area (Å²) < 4.78 is 2.33. The second-order valence-electron chi connectivity index (χ2n) is 11.4. The van der Waals surface area contributed by atoms with Crippen LogP contribution in [-0.2, 0) is 0 Å². The van der Waals surface area contributed by atoms with E-state index in [0.29, 0.717) is 11.3 Å². The van der Waals surface area contributed by atoms with E-state index in [9.17, 15) is 5.26 Å². The first-order valence-electron chi connectivity index (χ1n) is 15.2. The van der Waals surface area contributed by atoms with Crippen molar-refractivity contribution in [3.05, 3.63) is 169 Å². The number of nitrogens with zero attached hydrogens (tertiary/aromatic N) is 5. The molecular formula is C42H25N5. The van der Waals surface area contributed by atoms with Crippen LogP contribution in [0.4, 0.5) is 5.69 Å². The van der Waals surface area contributed by atoms with E-state index < -0.39 is 0 Å². The number of aromatic nitrogens is 3. The average Bonchev–Trinajstić information content (AvgIpc) is 3.48. The standard InChI is InChI=1S/C42H25N5/c1-44-37-20-36(26-46-27-37)32-10-6-8-30(19-32)34-14-16-42-40(22-34)39-21-33(13-15-41(39)47(42)38-11-3-2-4-12-38)29-7-5-9-31(18-29)35-17-28(23-43)24-45-25-35/h2-22,24-27H. The SMILES string of the molecule is [C-]#[N+]c1cncc(-c2cccc(-c3ccc4c(c3)c3cc(-c5cccc(-c6cncc(C#N)c6)c5)ccc3n4-c3ccccc3)c2)c1. The zero-order valence-corrected chi connectivity index (χ0v) is 25.2. The molecule has 8 aromatic rings. The Morgan fingerprint density at radius 2 is 1.04 bits per heavy atom. The van der Waals surface area contributed by atoms with E-state index in [1.54, 1.807) is 24.8 Å². The molecule has 5 nitrogen and oxygen atoms in total. The normalized spacial score (nSPS) is 10.9. The fourth-order valence-corrected chi connectivity index (χ4v) is 6.30. The first-order valence-corrected chi connectivity index (χ1v) is 15.2. The van der Waals surface area contributed by atoms with E-state index in [0.717, 1.165) is 72.0 Å². The number of hydrogen-bond acceptors (Lipinski definition) is 3. The molecule has 0 saturated carbocycles. The van der Waals surface area contributed by atoms with Gasteiger partial charge in [-0.15, -0.1) is 0 Å². The van der Waals surface area contributed by atoms with Crippen LogP contribution in [0.25, 0.3) is 76.8 Å². The van der Waals surface area contributed by atoms with Crippen molar-refractivity contribution in [1.82, 2.24) is 14.5 Å². The lowest BCUT2D eigenvalue weighted by Crippen LogP contribution is -1.93. The first kappa shape index (κ1) is 27.7. The zero-order valence-electron chi connectivity index (χ0n) is 25.2. The molecule has 5 heteroatoms. The molecule has 3 heterocycles. The van der Waals surface area contributed by atoms with Crippen LogP contribution in [0.15, 0.2) is 152 Å². The number of nitriles is 1. The predicted molar refractivity (Wildman–Crippen MR) is 189 cm³/mol. The lowest BCUT2D eigenvalue weighted by molar-refractivity contribution is 1.18. The summed E-state index contributed by atoms with van der Waals surface area (Å²) in [4.78, 5) is 12.1. The summed E-state index contributed by atoms with van der Waals surface area (Å²) in [5.41, 5.74) is 12.7. The van der Waals surface area contributed by atoms with Crippen molar-refractivity contribution in [1.29, 1.82) is 5.26 Å². The molecule has 218 valence electrons. The molecule has 0 N–H and O–H groups in total. The van der Waals surface area contributed by atoms with Crippen molar-refractivity contribution in [2.45, 2.75) is 0 Å². The van der Waals surface area contributed by atoms with Gasteiger partial charge in [-0.2, -0.15) is 5.26 Å². The first-order chi connectivity index (χ1) is 23.2. The Bertz CT molecular complexity index is 2390. The Labute approximate surface area is 272 Å². The minimum absolute atomic E-state index is 0.525. The molecule has 0 aliphatic rings. The van der Waals surface area contributed by atoms with Gasteiger partial charge in [-0.25, -0.2) is 4.85 Å². The van der Waals surface area contributed by atoms with Gasteiger partial charge in [0.2, 0.25) is 5.69 Å². The molecule has 0 spiro atoms. The summed E-state index contributed by atoms with van der Waals surface area (Å²) in [7, 11) is 0. The van der Waals surface area contributed by atoms with Gasteiger partial charge < -0.3 is 4.57 Å². The highest BCUT2D eigenvalue weighted by Crippen LogP contribution is 2.38. The Morgan fingerprint density at radius 1 is 0.511 bits per heavy atom. The fourth-order valence-electron chi connectivity index (χ4n) is 6.30. The van der Waals surface area contributed by atoms with Crippen LogP contribution in [0.5, 0.6) is 0 Å². The lowest BCUT2D eigenvalue weighted by atomic mass is 9.97. The molecule has 0 aliphatic heterocycles. The van der Waals surface area contributed by atoms with Crippen LogP contribution in [0, 0.1) is 17.9 Å². The molecule has 47 heavy (non-hydrogen) atoms. The zero-order chi connectivity index (χ0) is 31.7. The maximum absolute atomic E-state index is 9.39. The van der Waals surface area contributed by atoms with Gasteiger partial charge in [0.05, 0.1) is 23.2 Å². The Kier molecular flexibility index (Phi) is 6.84. The van der Waals surface area contributed by atoms with E-state index in [1.807, 2.05) is 18.2 Å². The summed E-state index contributed by atoms with van der Waals surface area (Å²) >= 11 is 0. The predicted octanol–water partition coefficient (Wildman–Crippen LogP) is 10.7. The number of pyridine rings is 2. The number of rotatable bonds is 5. The summed E-state index contributed by atoms with van der Waals surface area (Å²) in [6, 6.07) is 46.5. The second-order valence-corrected chi connectivity index (χ2v) is 11.4. The van der Waals surface area contributed by atoms with Gasteiger partial charge in [0.25, 0.3) is 0 Å². The minimum Gasteiger partial charge on any atom is -0.309 e. The van der Waals surface area contributed by atoms with Gasteiger partial charge in [0, 0.05) is 46.8 Å². The van der Waals surface area contributed by atoms with Gasteiger partial charge in [-0.1, -0.05) is 66.7 Å². The summed E-state index contributed by atoms with van der Waals surface area (Å²) in [5.74, 6) is 0. The third-order valence-electron chi connectivity index (χ3n) is 8.56. The summed E-state index contributed by atoms with van der Waals surface area (Å²) in [6.07, 6.45) is 6.77. The molecular weight excluding hydrogens is 574 g/mol. The Morgan fingerprint density at radius 3 is 1.62 bits per heavy atom. The highest BCUT2D eigenvalue weighted by atomic mass is 15.0. The highest BCUT2D eigenvalue weighted by Gasteiger charge is 2.15. The monoisotopic (exact) mass is 599 g/mol. The van der Waals surface area contributed by atoms with Crippen LogP contribution < -0.4 is 0 Å². The van der Waals surface area contributed by atoms with Gasteiger partial charge >= 0.3 is 0 Å². The van der Waals surface area contributed by atoms with E-state index >= 15 is 0 Å². The molecule has 0 bridgehead atoms. The molecule has 0 aliphatic carbocycles. The topological polar surface area (TPSA) is 58.9 Å². The van der Waals surface area contributed by atoms with E-state index in [1.165, 1.54) is 0 Å². The molecule has 0 atom stereocenters. The van der Waals surface area contributed by atoms with E-state index in [-0.39, 0.29) is 0 Å². The largest absolute Gasteiger partial charge is 0.309 e. The maximum Gasteiger partial charge on any atom is 0.205 e. The van der Waals surface area contributed by atoms with Crippen LogP contribution in [0.3, 0.4) is 0 Å². The van der Waals surface area contributed by atoms with Gasteiger partial charge in [0.1, 0.15) is 6.07 Å². The summed E-state index contributed by atoms with van der Waals surface area (Å²) in [5, 5.41) is 11.7. The van der Waals surface area contributed by atoms with Crippen LogP contribution in [0.2, 0.25) is 0 Å². The van der Waals surface area contributed by atoms with Gasteiger partial charge in [-0.3, -0.25) is 9.97 Å². The number of fused-ring (bicyclic) bond motifs is 3. The van der Waals surface area contributed by atoms with Crippen molar-refractivity contribution in [3.63, 3.8) is 0 Å². The van der Waals surface area contributed by atoms with Crippen molar-refractivity contribution >= 4 is 27.5 Å². The third-order valence-corrected chi connectivity index (χ3v) is 8.56. The molecule has 0 unspecified atom stereocenters. The molecule has 3 aromatic heterocycles. The van der Waals surface area contributed by atoms with Gasteiger partial charge in [0.15, 0.2) is 0 Å². The molecule has 0 radical (unpaired) electrons. The fraction of sp³-hybridized carbons (Fsp3) is 0. The smallest absolute Gasteiger partial charge is 0.205 e. The second kappa shape index (κ2) is 11.6. The number of hydrogen-bond donors (Lipinski definition) is 0. The molecule has 5 aromatic carbocycles. The molecule has 0 fully saturated rings. The summed E-state index contributed by atoms with van der Waals surface area (Å²) in [6.45, 7) is 7.39. The highest BCUT2D eigenvalue weighted by molar-refractivity contribution is 6.11. The van der Waals surface area contributed by atoms with Crippen molar-refractivity contribution in [2.24, 2.45) is 0 Å². The Hall–Kier alpha value is -6.82. The van der Waals surface area contributed by atoms with Gasteiger partial charge in [-0.05, 0) is 99.6 Å². The van der Waals surface area contributed by atoms with Crippen LogP contribution in [0.1, 0.15) is 5.56 Å². The number of para-hydroxylation sites is 1. The molecule has 0 amide bonds. The van der Waals surface area contributed by atoms with Crippen molar-refractivity contribution in [3.8, 4) is 56.3 Å². The lowest BCUT2D eigenvalue weighted by Gasteiger charge is -2.09. The number of benzene rings is 5. The van der Waals surface area contributed by atoms with E-state index in [2.05, 4.69) is 135 Å². The van der Waals surface area contributed by atoms with Crippen LogP contribution >= 0.6 is 0 Å². The maximum atomic E-state index is 9.39. The quantitative estimate of drug-likeness (QED) is 0.185. The van der Waals surface area contributed by atoms with Crippen molar-refractivity contribution in [2.75, 3.05) is 0 Å². The molecule has 0 saturated heterocycles. The average molecular weight is 600 g/mol.